The van der Waals surface area contributed by atoms with Crippen molar-refractivity contribution in [1.29, 1.82) is 0 Å². The number of methoxy groups -OCH3 is 1. The molecule has 0 aromatic heterocycles. The predicted molar refractivity (Wildman–Crippen MR) is 86.9 cm³/mol. The Balaban J connectivity index is 1.65. The molecule has 0 amide bonds. The summed E-state index contributed by atoms with van der Waals surface area (Å²) in [6.45, 7) is 3.22. The van der Waals surface area contributed by atoms with Gasteiger partial charge in [0.25, 0.3) is 5.78 Å². The monoisotopic (exact) mass is 364 g/mol. The van der Waals surface area contributed by atoms with Crippen molar-refractivity contribution in [2.24, 2.45) is 0 Å². The topological polar surface area (TPSA) is 97.4 Å². The van der Waals surface area contributed by atoms with E-state index >= 15 is 0 Å². The van der Waals surface area contributed by atoms with Gasteiger partial charge in [0.05, 0.1) is 13.7 Å². The zero-order chi connectivity index (χ0) is 18.9. The molecule has 1 aromatic carbocycles. The molecule has 8 heteroatoms. The molecule has 0 unspecified atom stereocenters. The van der Waals surface area contributed by atoms with Gasteiger partial charge in [-0.3, -0.25) is 9.59 Å². The number of ketones is 2. The minimum Gasteiger partial charge on any atom is -0.497 e. The molecule has 2 aliphatic heterocycles. The third-order valence-corrected chi connectivity index (χ3v) is 4.20. The zero-order valence-corrected chi connectivity index (χ0v) is 14.7. The lowest BCUT2D eigenvalue weighted by atomic mass is 10.1. The van der Waals surface area contributed by atoms with E-state index in [0.717, 1.165) is 0 Å². The highest BCUT2D eigenvalue weighted by Gasteiger charge is 2.52. The Hall–Kier alpha value is -2.29. The van der Waals surface area contributed by atoms with Gasteiger partial charge in [-0.2, -0.15) is 0 Å². The van der Waals surface area contributed by atoms with Crippen LogP contribution in [-0.2, 0) is 28.5 Å². The van der Waals surface area contributed by atoms with Crippen molar-refractivity contribution in [2.45, 2.75) is 37.9 Å². The molecular weight excluding hydrogens is 344 g/mol. The minimum absolute atomic E-state index is 0.157. The van der Waals surface area contributed by atoms with Crippen molar-refractivity contribution >= 4 is 17.5 Å². The van der Waals surface area contributed by atoms with Crippen molar-refractivity contribution in [3.63, 3.8) is 0 Å². The van der Waals surface area contributed by atoms with Crippen molar-refractivity contribution in [3.8, 4) is 5.75 Å². The van der Waals surface area contributed by atoms with E-state index < -0.39 is 35.9 Å². The molecule has 0 aliphatic carbocycles. The summed E-state index contributed by atoms with van der Waals surface area (Å²) in [6, 6.07) is 6.48. The maximum atomic E-state index is 12.3. The molecule has 2 heterocycles. The lowest BCUT2D eigenvalue weighted by Crippen LogP contribution is -2.41. The summed E-state index contributed by atoms with van der Waals surface area (Å²) in [5.74, 6) is -2.38. The zero-order valence-electron chi connectivity index (χ0n) is 14.7. The van der Waals surface area contributed by atoms with E-state index in [-0.39, 0.29) is 19.0 Å². The fraction of sp³-hybridized carbons (Fsp3) is 0.500. The average Bonchev–Trinajstić information content (AvgIpc) is 3.12. The van der Waals surface area contributed by atoms with Crippen LogP contribution >= 0.6 is 0 Å². The first-order chi connectivity index (χ1) is 12.3. The van der Waals surface area contributed by atoms with Crippen molar-refractivity contribution in [2.75, 3.05) is 20.3 Å². The second-order valence-electron chi connectivity index (χ2n) is 6.48. The average molecular weight is 364 g/mol. The molecule has 2 saturated heterocycles. The predicted octanol–water partition coefficient (Wildman–Crippen LogP) is 0.909. The van der Waals surface area contributed by atoms with Crippen molar-refractivity contribution < 1.29 is 38.1 Å². The number of hydrogen-bond acceptors (Lipinski definition) is 8. The molecule has 0 radical (unpaired) electrons. The molecule has 2 aliphatic rings. The second-order valence-corrected chi connectivity index (χ2v) is 6.48. The first-order valence-corrected chi connectivity index (χ1v) is 8.16. The van der Waals surface area contributed by atoms with E-state index in [1.54, 1.807) is 38.1 Å². The van der Waals surface area contributed by atoms with Crippen LogP contribution in [0.1, 0.15) is 24.2 Å². The number of Topliss-reactive ketones (excluding diaryl/α,β-unsaturated/α-hetero) is 2. The Bertz CT molecular complexity index is 708. The number of hydrogen-bond donors (Lipinski definition) is 0. The number of benzene rings is 1. The SMILES string of the molecule is COc1ccc(C(=O)CO[C@@H]2C(=O)C(=O)O[C@@H]2[C@H]2COC(C)(C)O2)cc1. The first-order valence-electron chi connectivity index (χ1n) is 8.16. The minimum atomic E-state index is -1.20. The Kier molecular flexibility index (Phi) is 5.08. The normalized spacial score (nSPS) is 27.4. The van der Waals surface area contributed by atoms with E-state index in [4.69, 9.17) is 23.7 Å². The highest BCUT2D eigenvalue weighted by Crippen LogP contribution is 2.30. The molecule has 8 nitrogen and oxygen atoms in total. The van der Waals surface area contributed by atoms with Crippen LogP contribution in [0.3, 0.4) is 0 Å². The van der Waals surface area contributed by atoms with Crippen LogP contribution in [0, 0.1) is 0 Å². The molecule has 1 aromatic rings. The third kappa shape index (κ3) is 3.77. The Morgan fingerprint density at radius 3 is 2.50 bits per heavy atom. The molecule has 3 atom stereocenters. The molecule has 0 N–H and O–H groups in total. The number of rotatable bonds is 6. The van der Waals surface area contributed by atoms with Crippen LogP contribution in [0.2, 0.25) is 0 Å². The van der Waals surface area contributed by atoms with Gasteiger partial charge in [0.1, 0.15) is 18.5 Å². The highest BCUT2D eigenvalue weighted by atomic mass is 16.8. The molecule has 0 spiro atoms. The van der Waals surface area contributed by atoms with Gasteiger partial charge in [-0.15, -0.1) is 0 Å². The van der Waals surface area contributed by atoms with Crippen LogP contribution in [0.4, 0.5) is 0 Å². The van der Waals surface area contributed by atoms with Gasteiger partial charge in [0.2, 0.25) is 0 Å². The van der Waals surface area contributed by atoms with Gasteiger partial charge in [-0.05, 0) is 38.1 Å². The van der Waals surface area contributed by atoms with Gasteiger partial charge in [0.15, 0.2) is 23.8 Å². The van der Waals surface area contributed by atoms with Gasteiger partial charge in [-0.25, -0.2) is 4.79 Å². The van der Waals surface area contributed by atoms with Crippen LogP contribution in [0.15, 0.2) is 24.3 Å². The number of carbonyl (C=O) groups is 3. The Morgan fingerprint density at radius 2 is 1.92 bits per heavy atom. The maximum absolute atomic E-state index is 12.3. The van der Waals surface area contributed by atoms with Gasteiger partial charge < -0.3 is 23.7 Å². The summed E-state index contributed by atoms with van der Waals surface area (Å²) < 4.78 is 26.7. The fourth-order valence-corrected chi connectivity index (χ4v) is 2.85. The van der Waals surface area contributed by atoms with Gasteiger partial charge in [-0.1, -0.05) is 0 Å². The van der Waals surface area contributed by atoms with E-state index in [0.29, 0.717) is 11.3 Å². The number of ether oxygens (including phenoxy) is 5. The Morgan fingerprint density at radius 1 is 1.23 bits per heavy atom. The second kappa shape index (κ2) is 7.14. The molecule has 2 fully saturated rings. The standard InChI is InChI=1S/C18H20O8/c1-18(2)24-9-13(26-18)15-16(14(20)17(21)25-15)23-8-12(19)10-4-6-11(22-3)7-5-10/h4-7,13,15-16H,8-9H2,1-3H3/t13-,15-,16-/m1/s1. The van der Waals surface area contributed by atoms with Crippen LogP contribution in [0.5, 0.6) is 5.75 Å². The number of cyclic esters (lactones) is 1. The lowest BCUT2D eigenvalue weighted by molar-refractivity contribution is -0.167. The number of carbonyl (C=O) groups excluding carboxylic acids is 3. The van der Waals surface area contributed by atoms with E-state index in [1.807, 2.05) is 0 Å². The fourth-order valence-electron chi connectivity index (χ4n) is 2.85. The lowest BCUT2D eigenvalue weighted by Gasteiger charge is -2.23. The van der Waals surface area contributed by atoms with Crippen LogP contribution < -0.4 is 4.74 Å². The van der Waals surface area contributed by atoms with Crippen molar-refractivity contribution in [3.05, 3.63) is 29.8 Å². The molecule has 3 rings (SSSR count). The summed E-state index contributed by atoms with van der Waals surface area (Å²) in [4.78, 5) is 36.0. The van der Waals surface area contributed by atoms with Crippen LogP contribution in [0.25, 0.3) is 0 Å². The quantitative estimate of drug-likeness (QED) is 0.417. The smallest absolute Gasteiger partial charge is 0.378 e. The highest BCUT2D eigenvalue weighted by molar-refractivity contribution is 6.37. The molecule has 140 valence electrons. The van der Waals surface area contributed by atoms with Crippen molar-refractivity contribution in [1.82, 2.24) is 0 Å². The van der Waals surface area contributed by atoms with E-state index in [2.05, 4.69) is 0 Å². The van der Waals surface area contributed by atoms with E-state index in [9.17, 15) is 14.4 Å². The molecular formula is C18H20O8. The maximum Gasteiger partial charge on any atom is 0.378 e. The Labute approximate surface area is 150 Å². The number of esters is 1. The van der Waals surface area contributed by atoms with Crippen LogP contribution in [-0.4, -0.2) is 62.0 Å². The summed E-state index contributed by atoms with van der Waals surface area (Å²) in [5.41, 5.74) is 0.404. The summed E-state index contributed by atoms with van der Waals surface area (Å²) in [6.07, 6.45) is -2.78. The largest absolute Gasteiger partial charge is 0.497 e. The molecule has 26 heavy (non-hydrogen) atoms. The molecule has 0 saturated carbocycles. The molecule has 0 bridgehead atoms. The first kappa shape index (κ1) is 18.5. The summed E-state index contributed by atoms with van der Waals surface area (Å²) in [7, 11) is 1.53. The van der Waals surface area contributed by atoms with E-state index in [1.165, 1.54) is 7.11 Å². The summed E-state index contributed by atoms with van der Waals surface area (Å²) in [5, 5.41) is 0. The van der Waals surface area contributed by atoms with Gasteiger partial charge in [0, 0.05) is 5.56 Å². The summed E-state index contributed by atoms with van der Waals surface area (Å²) >= 11 is 0. The van der Waals surface area contributed by atoms with Gasteiger partial charge >= 0.3 is 5.97 Å². The third-order valence-electron chi connectivity index (χ3n) is 4.20.